The molecule has 1 aromatic heterocycles. The first-order valence-electron chi connectivity index (χ1n) is 7.63. The van der Waals surface area contributed by atoms with Crippen LogP contribution in [0.25, 0.3) is 0 Å². The van der Waals surface area contributed by atoms with Crippen LogP contribution in [0.15, 0.2) is 6.20 Å². The normalized spacial score (nSPS) is 21.8. The molecule has 2 N–H and O–H groups in total. The second-order valence-electron chi connectivity index (χ2n) is 5.97. The maximum atomic E-state index is 10.8. The fourth-order valence-electron chi connectivity index (χ4n) is 2.63. The lowest BCUT2D eigenvalue weighted by atomic mass is 9.85. The Bertz CT molecular complexity index is 469. The highest BCUT2D eigenvalue weighted by Crippen LogP contribution is 2.27. The van der Waals surface area contributed by atoms with Crippen molar-refractivity contribution in [3.63, 3.8) is 0 Å². The summed E-state index contributed by atoms with van der Waals surface area (Å²) in [6, 6.07) is 0.898. The third-order valence-corrected chi connectivity index (χ3v) is 5.35. The highest BCUT2D eigenvalue weighted by atomic mass is 32.1. The first-order valence-corrected chi connectivity index (χ1v) is 8.45. The summed E-state index contributed by atoms with van der Waals surface area (Å²) in [5.74, 6) is -0.198. The number of thiazole rings is 1. The molecule has 1 aliphatic rings. The Hall–Kier alpha value is -0.980. The van der Waals surface area contributed by atoms with E-state index in [1.165, 1.54) is 4.88 Å². The van der Waals surface area contributed by atoms with Crippen LogP contribution in [-0.2, 0) is 11.3 Å². The summed E-state index contributed by atoms with van der Waals surface area (Å²) in [4.78, 5) is 18.6. The van der Waals surface area contributed by atoms with Crippen LogP contribution in [0.3, 0.4) is 0 Å². The Morgan fingerprint density at radius 2 is 2.29 bits per heavy atom. The van der Waals surface area contributed by atoms with Gasteiger partial charge >= 0.3 is 5.97 Å². The van der Waals surface area contributed by atoms with Gasteiger partial charge in [-0.1, -0.05) is 20.8 Å². The molecule has 0 aliphatic heterocycles. The van der Waals surface area contributed by atoms with E-state index in [0.29, 0.717) is 18.0 Å². The van der Waals surface area contributed by atoms with Crippen LogP contribution >= 0.6 is 11.3 Å². The fraction of sp³-hybridized carbons (Fsp3) is 0.733. The number of carboxylic acid groups (broad SMARTS) is 1. The molecule has 5 nitrogen and oxygen atoms in total. The van der Waals surface area contributed by atoms with Crippen LogP contribution in [0.5, 0.6) is 0 Å². The van der Waals surface area contributed by atoms with Gasteiger partial charge in [0.2, 0.25) is 0 Å². The molecule has 1 saturated carbocycles. The Morgan fingerprint density at radius 3 is 2.81 bits per heavy atom. The minimum atomic E-state index is -0.739. The quantitative estimate of drug-likeness (QED) is 0.771. The number of carbonyl (C=O) groups is 1. The van der Waals surface area contributed by atoms with E-state index in [9.17, 15) is 4.79 Å². The predicted molar refractivity (Wildman–Crippen MR) is 84.7 cm³/mol. The molecule has 1 aromatic rings. The molecule has 21 heavy (non-hydrogen) atoms. The third kappa shape index (κ3) is 4.49. The second-order valence-corrected chi connectivity index (χ2v) is 7.12. The molecule has 0 atom stereocenters. The van der Waals surface area contributed by atoms with Crippen molar-refractivity contribution in [1.82, 2.24) is 15.2 Å². The van der Waals surface area contributed by atoms with E-state index >= 15 is 0 Å². The van der Waals surface area contributed by atoms with E-state index in [2.05, 4.69) is 24.1 Å². The summed E-state index contributed by atoms with van der Waals surface area (Å²) in [5.41, 5.74) is 0. The van der Waals surface area contributed by atoms with Gasteiger partial charge in [-0.2, -0.15) is 0 Å². The van der Waals surface area contributed by atoms with E-state index in [0.717, 1.165) is 30.9 Å². The monoisotopic (exact) mass is 311 g/mol. The largest absolute Gasteiger partial charge is 0.480 e. The van der Waals surface area contributed by atoms with Crippen molar-refractivity contribution >= 4 is 17.3 Å². The molecule has 0 spiro atoms. The molecule has 0 bridgehead atoms. The molecule has 0 aromatic carbocycles. The summed E-state index contributed by atoms with van der Waals surface area (Å²) in [6.45, 7) is 8.16. The molecule has 6 heteroatoms. The van der Waals surface area contributed by atoms with Gasteiger partial charge in [0.15, 0.2) is 0 Å². The predicted octanol–water partition coefficient (Wildman–Crippen LogP) is 2.29. The van der Waals surface area contributed by atoms with Crippen LogP contribution in [0.4, 0.5) is 0 Å². The molecular weight excluding hydrogens is 286 g/mol. The minimum Gasteiger partial charge on any atom is -0.480 e. The lowest BCUT2D eigenvalue weighted by Crippen LogP contribution is -2.53. The number of aromatic nitrogens is 1. The number of rotatable bonds is 8. The fourth-order valence-corrected chi connectivity index (χ4v) is 3.50. The zero-order valence-electron chi connectivity index (χ0n) is 13.0. The summed E-state index contributed by atoms with van der Waals surface area (Å²) < 4.78 is 0. The first kappa shape index (κ1) is 16.4. The molecule has 1 aliphatic carbocycles. The number of hydrogen-bond acceptors (Lipinski definition) is 5. The lowest BCUT2D eigenvalue weighted by Gasteiger charge is -2.42. The van der Waals surface area contributed by atoms with Gasteiger partial charge in [0.25, 0.3) is 0 Å². The number of carboxylic acids is 1. The van der Waals surface area contributed by atoms with Crippen LogP contribution in [0.2, 0.25) is 0 Å². The summed E-state index contributed by atoms with van der Waals surface area (Å²) in [5, 5.41) is 13.5. The van der Waals surface area contributed by atoms with Crippen LogP contribution in [0.1, 0.15) is 49.4 Å². The maximum Gasteiger partial charge on any atom is 0.317 e. The van der Waals surface area contributed by atoms with E-state index in [4.69, 9.17) is 5.11 Å². The van der Waals surface area contributed by atoms with Gasteiger partial charge in [-0.3, -0.25) is 9.69 Å². The average molecular weight is 311 g/mol. The molecule has 2 rings (SSSR count). The highest BCUT2D eigenvalue weighted by Gasteiger charge is 2.33. The van der Waals surface area contributed by atoms with Crippen molar-refractivity contribution in [2.24, 2.45) is 0 Å². The van der Waals surface area contributed by atoms with Crippen molar-refractivity contribution in [3.8, 4) is 0 Å². The molecule has 0 saturated heterocycles. The summed E-state index contributed by atoms with van der Waals surface area (Å²) in [7, 11) is 0. The molecule has 0 amide bonds. The Kier molecular flexibility index (Phi) is 5.72. The van der Waals surface area contributed by atoms with Crippen LogP contribution in [-0.4, -0.2) is 46.1 Å². The number of nitrogens with zero attached hydrogens (tertiary/aromatic N) is 2. The molecule has 1 heterocycles. The Morgan fingerprint density at radius 1 is 1.57 bits per heavy atom. The van der Waals surface area contributed by atoms with Gasteiger partial charge in [-0.25, -0.2) is 4.98 Å². The second kappa shape index (κ2) is 7.33. The molecule has 0 unspecified atom stereocenters. The van der Waals surface area contributed by atoms with E-state index in [-0.39, 0.29) is 6.54 Å². The van der Waals surface area contributed by atoms with Crippen molar-refractivity contribution in [3.05, 3.63) is 16.1 Å². The minimum absolute atomic E-state index is 0.151. The van der Waals surface area contributed by atoms with Crippen LogP contribution < -0.4 is 5.32 Å². The zero-order valence-corrected chi connectivity index (χ0v) is 13.8. The van der Waals surface area contributed by atoms with E-state index < -0.39 is 5.97 Å². The van der Waals surface area contributed by atoms with Gasteiger partial charge in [-0.15, -0.1) is 11.3 Å². The molecule has 118 valence electrons. The highest BCUT2D eigenvalue weighted by molar-refractivity contribution is 7.11. The van der Waals surface area contributed by atoms with Crippen molar-refractivity contribution in [2.75, 3.05) is 13.1 Å². The van der Waals surface area contributed by atoms with Crippen LogP contribution in [0, 0.1) is 0 Å². The molecular formula is C15H25N3O2S. The van der Waals surface area contributed by atoms with Gasteiger partial charge in [0.05, 0.1) is 6.54 Å². The number of aliphatic carboxylic acids is 1. The standard InChI is InChI=1S/C15H25N3O2S/c1-4-18(9-15(19)20)12-5-11(6-12)16-8-14-17-7-13(21-14)10(2)3/h7,10-12,16H,4-6,8-9H2,1-3H3,(H,19,20). The first-order chi connectivity index (χ1) is 9.99. The third-order valence-electron chi connectivity index (χ3n) is 4.06. The smallest absolute Gasteiger partial charge is 0.317 e. The molecule has 0 radical (unpaired) electrons. The van der Waals surface area contributed by atoms with Gasteiger partial charge in [0.1, 0.15) is 5.01 Å². The van der Waals surface area contributed by atoms with E-state index in [1.54, 1.807) is 11.3 Å². The Labute approximate surface area is 130 Å². The average Bonchev–Trinajstić information content (AvgIpc) is 2.83. The zero-order chi connectivity index (χ0) is 15.4. The topological polar surface area (TPSA) is 65.5 Å². The van der Waals surface area contributed by atoms with Crippen molar-refractivity contribution < 1.29 is 9.90 Å². The summed E-state index contributed by atoms with van der Waals surface area (Å²) in [6.07, 6.45) is 4.04. The SMILES string of the molecule is CCN(CC(=O)O)C1CC(NCc2ncc(C(C)C)s2)C1. The van der Waals surface area contributed by atoms with Crippen molar-refractivity contribution in [2.45, 2.75) is 58.2 Å². The number of nitrogens with one attached hydrogen (secondary N) is 1. The summed E-state index contributed by atoms with van der Waals surface area (Å²) >= 11 is 1.78. The maximum absolute atomic E-state index is 10.8. The van der Waals surface area contributed by atoms with Gasteiger partial charge < -0.3 is 10.4 Å². The van der Waals surface area contributed by atoms with Gasteiger partial charge in [0, 0.05) is 29.7 Å². The Balaban J connectivity index is 1.71. The lowest BCUT2D eigenvalue weighted by molar-refractivity contribution is -0.139. The number of hydrogen-bond donors (Lipinski definition) is 2. The van der Waals surface area contributed by atoms with E-state index in [1.807, 2.05) is 18.0 Å². The van der Waals surface area contributed by atoms with Crippen molar-refractivity contribution in [1.29, 1.82) is 0 Å². The number of likely N-dealkylation sites (N-methyl/N-ethyl adjacent to an activating group) is 1. The molecule has 1 fully saturated rings. The van der Waals surface area contributed by atoms with Gasteiger partial charge in [-0.05, 0) is 25.3 Å².